The van der Waals surface area contributed by atoms with Gasteiger partial charge in [0.15, 0.2) is 0 Å². The van der Waals surface area contributed by atoms with E-state index in [1.54, 1.807) is 24.0 Å². The Hall–Kier alpha value is -3.39. The van der Waals surface area contributed by atoms with Gasteiger partial charge >= 0.3 is 18.4 Å². The Balaban J connectivity index is 1.75. The number of piperazine rings is 1. The first-order chi connectivity index (χ1) is 16.4. The minimum Gasteiger partial charge on any atom is -0.445 e. The van der Waals surface area contributed by atoms with Gasteiger partial charge in [-0.2, -0.15) is 26.3 Å². The number of rotatable bonds is 4. The molecule has 11 heteroatoms. The Kier molecular flexibility index (Phi) is 7.55. The second-order valence-electron chi connectivity index (χ2n) is 7.84. The van der Waals surface area contributed by atoms with E-state index in [1.807, 2.05) is 18.2 Å². The van der Waals surface area contributed by atoms with Crippen molar-refractivity contribution in [2.45, 2.75) is 37.5 Å². The fourth-order valence-corrected chi connectivity index (χ4v) is 3.74. The largest absolute Gasteiger partial charge is 0.445 e. The zero-order valence-electron chi connectivity index (χ0n) is 18.5. The molecule has 0 aromatic heterocycles. The molecule has 0 spiro atoms. The molecule has 3 rings (SSSR count). The lowest BCUT2D eigenvalue weighted by Gasteiger charge is -2.40. The quantitative estimate of drug-likeness (QED) is 0.482. The van der Waals surface area contributed by atoms with Crippen molar-refractivity contribution in [1.82, 2.24) is 4.90 Å². The molecule has 0 radical (unpaired) electrons. The van der Waals surface area contributed by atoms with Gasteiger partial charge in [0.1, 0.15) is 12.6 Å². The van der Waals surface area contributed by atoms with Crippen molar-refractivity contribution >= 4 is 11.8 Å². The number of nitrogens with zero attached hydrogens (tertiary/aromatic N) is 2. The maximum absolute atomic E-state index is 13.1. The molecule has 1 aliphatic rings. The first-order valence-corrected chi connectivity index (χ1v) is 10.5. The van der Waals surface area contributed by atoms with Crippen LogP contribution in [0.2, 0.25) is 0 Å². The van der Waals surface area contributed by atoms with E-state index in [-0.39, 0.29) is 26.2 Å². The molecule has 0 bridgehead atoms. The summed E-state index contributed by atoms with van der Waals surface area (Å²) in [4.78, 5) is 15.6. The third-order valence-electron chi connectivity index (χ3n) is 5.59. The lowest BCUT2D eigenvalue weighted by Crippen LogP contribution is -2.55. The standard InChI is InChI=1S/C24H22F6N2O3/c1-2-6-20-15-31(21(33)35-16-17-7-4-3-5-8-17)13-14-32(20)19-11-9-18(10-12-19)22(34,23(25,26)27)24(28,29)30/h3-5,7-12,20,34H,13-16H2,1H3/t20-/m0/s1. The van der Waals surface area contributed by atoms with Crippen molar-refractivity contribution in [3.63, 3.8) is 0 Å². The van der Waals surface area contributed by atoms with Crippen LogP contribution in [0.25, 0.3) is 0 Å². The Morgan fingerprint density at radius 1 is 1.00 bits per heavy atom. The number of anilines is 1. The Labute approximate surface area is 197 Å². The third kappa shape index (κ3) is 5.48. The molecule has 1 atom stereocenters. The van der Waals surface area contributed by atoms with E-state index in [2.05, 4.69) is 11.8 Å². The van der Waals surface area contributed by atoms with E-state index >= 15 is 0 Å². The summed E-state index contributed by atoms with van der Waals surface area (Å²) in [5.41, 5.74) is -5.24. The van der Waals surface area contributed by atoms with Crippen molar-refractivity contribution in [3.05, 3.63) is 65.7 Å². The summed E-state index contributed by atoms with van der Waals surface area (Å²) in [5, 5.41) is 9.58. The van der Waals surface area contributed by atoms with E-state index in [1.165, 1.54) is 4.90 Å². The molecule has 1 fully saturated rings. The number of halogens is 6. The van der Waals surface area contributed by atoms with Gasteiger partial charge in [-0.3, -0.25) is 0 Å². The first kappa shape index (κ1) is 26.2. The van der Waals surface area contributed by atoms with Crippen molar-refractivity contribution in [2.75, 3.05) is 24.5 Å². The molecular formula is C24H22F6N2O3. The van der Waals surface area contributed by atoms with E-state index in [4.69, 9.17) is 4.74 Å². The number of hydrogen-bond donors (Lipinski definition) is 1. The normalized spacial score (nSPS) is 17.0. The predicted octanol–water partition coefficient (Wildman–Crippen LogP) is 4.85. The van der Waals surface area contributed by atoms with Crippen molar-refractivity contribution in [3.8, 4) is 11.8 Å². The summed E-state index contributed by atoms with van der Waals surface area (Å²) in [6.07, 6.45) is -12.5. The highest BCUT2D eigenvalue weighted by molar-refractivity contribution is 5.68. The highest BCUT2D eigenvalue weighted by Gasteiger charge is 2.71. The van der Waals surface area contributed by atoms with Crippen LogP contribution >= 0.6 is 0 Å². The lowest BCUT2D eigenvalue weighted by atomic mass is 9.92. The maximum Gasteiger partial charge on any atom is 0.430 e. The summed E-state index contributed by atoms with van der Waals surface area (Å²) in [5.74, 6) is 5.62. The number of carbonyl (C=O) groups is 1. The number of aliphatic hydroxyl groups is 1. The number of hydrogen-bond acceptors (Lipinski definition) is 4. The molecule has 5 nitrogen and oxygen atoms in total. The molecule has 0 unspecified atom stereocenters. The second kappa shape index (κ2) is 10.1. The van der Waals surface area contributed by atoms with Gasteiger partial charge in [-0.15, -0.1) is 5.92 Å². The Bertz CT molecular complexity index is 1060. The summed E-state index contributed by atoms with van der Waals surface area (Å²) in [7, 11) is 0. The average molecular weight is 500 g/mol. The van der Waals surface area contributed by atoms with E-state index in [9.17, 15) is 36.2 Å². The van der Waals surface area contributed by atoms with Crippen LogP contribution in [0.15, 0.2) is 54.6 Å². The van der Waals surface area contributed by atoms with E-state index in [0.29, 0.717) is 17.8 Å². The monoisotopic (exact) mass is 500 g/mol. The van der Waals surface area contributed by atoms with Gasteiger partial charge in [-0.1, -0.05) is 48.4 Å². The number of benzene rings is 2. The van der Waals surface area contributed by atoms with E-state index < -0.39 is 35.7 Å². The first-order valence-electron chi connectivity index (χ1n) is 10.5. The van der Waals surface area contributed by atoms with Crippen LogP contribution < -0.4 is 4.90 Å². The number of alkyl halides is 6. The Morgan fingerprint density at radius 2 is 1.60 bits per heavy atom. The third-order valence-corrected chi connectivity index (χ3v) is 5.59. The molecule has 2 aromatic carbocycles. The topological polar surface area (TPSA) is 53.0 Å². The lowest BCUT2D eigenvalue weighted by molar-refractivity contribution is -0.376. The van der Waals surface area contributed by atoms with Crippen LogP contribution in [0.1, 0.15) is 18.1 Å². The van der Waals surface area contributed by atoms with Crippen LogP contribution in [0.3, 0.4) is 0 Å². The zero-order valence-corrected chi connectivity index (χ0v) is 18.5. The molecule has 2 aromatic rings. The average Bonchev–Trinajstić information content (AvgIpc) is 2.81. The maximum atomic E-state index is 13.1. The molecule has 0 aliphatic carbocycles. The van der Waals surface area contributed by atoms with Crippen LogP contribution in [0.5, 0.6) is 0 Å². The summed E-state index contributed by atoms with van der Waals surface area (Å²) in [6.45, 7) is 2.17. The molecule has 1 aliphatic heterocycles. The van der Waals surface area contributed by atoms with Gasteiger partial charge < -0.3 is 19.6 Å². The van der Waals surface area contributed by atoms with Gasteiger partial charge in [0.2, 0.25) is 0 Å². The van der Waals surface area contributed by atoms with E-state index in [0.717, 1.165) is 17.7 Å². The fourth-order valence-electron chi connectivity index (χ4n) is 3.74. The van der Waals surface area contributed by atoms with Crippen molar-refractivity contribution < 1.29 is 41.0 Å². The van der Waals surface area contributed by atoms with Gasteiger partial charge in [-0.05, 0) is 24.6 Å². The summed E-state index contributed by atoms with van der Waals surface area (Å²) >= 11 is 0. The molecule has 1 amide bonds. The molecule has 1 heterocycles. The minimum absolute atomic E-state index is 0.0762. The zero-order chi connectivity index (χ0) is 25.9. The molecular weight excluding hydrogens is 478 g/mol. The molecule has 1 saturated heterocycles. The molecule has 188 valence electrons. The fraction of sp³-hybridized carbons (Fsp3) is 0.375. The number of amides is 1. The predicted molar refractivity (Wildman–Crippen MR) is 115 cm³/mol. The van der Waals surface area contributed by atoms with Crippen LogP contribution in [0.4, 0.5) is 36.8 Å². The van der Waals surface area contributed by atoms with Crippen LogP contribution in [0, 0.1) is 11.8 Å². The molecule has 35 heavy (non-hydrogen) atoms. The summed E-state index contributed by atoms with van der Waals surface area (Å²) in [6, 6.07) is 11.8. The van der Waals surface area contributed by atoms with Gasteiger partial charge in [0.25, 0.3) is 5.60 Å². The second-order valence-corrected chi connectivity index (χ2v) is 7.84. The minimum atomic E-state index is -5.96. The molecule has 1 N–H and O–H groups in total. The highest BCUT2D eigenvalue weighted by Crippen LogP contribution is 2.50. The highest BCUT2D eigenvalue weighted by atomic mass is 19.4. The van der Waals surface area contributed by atoms with Gasteiger partial charge in [-0.25, -0.2) is 4.79 Å². The van der Waals surface area contributed by atoms with Crippen molar-refractivity contribution in [1.29, 1.82) is 0 Å². The smallest absolute Gasteiger partial charge is 0.430 e. The van der Waals surface area contributed by atoms with Gasteiger partial charge in [0, 0.05) is 24.3 Å². The summed E-state index contributed by atoms with van der Waals surface area (Å²) < 4.78 is 84.2. The Morgan fingerprint density at radius 3 is 2.14 bits per heavy atom. The van der Waals surface area contributed by atoms with Crippen molar-refractivity contribution in [2.24, 2.45) is 0 Å². The van der Waals surface area contributed by atoms with Gasteiger partial charge in [0.05, 0.1) is 6.54 Å². The SMILES string of the molecule is CC#C[C@H]1CN(C(=O)OCc2ccccc2)CCN1c1ccc(C(O)(C(F)(F)F)C(F)(F)F)cc1. The number of ether oxygens (including phenoxy) is 1. The van der Waals surface area contributed by atoms with Crippen LogP contribution in [-0.2, 0) is 16.9 Å². The number of carbonyl (C=O) groups excluding carboxylic acids is 1. The van der Waals surface area contributed by atoms with Crippen LogP contribution in [-0.4, -0.2) is 54.1 Å². The molecule has 0 saturated carbocycles.